The van der Waals surface area contributed by atoms with Crippen LogP contribution in [0.15, 0.2) is 10.8 Å². The third-order valence-corrected chi connectivity index (χ3v) is 2.37. The molecular formula is C7H11NOS. The van der Waals surface area contributed by atoms with E-state index in [-0.39, 0.29) is 12.6 Å². The van der Waals surface area contributed by atoms with Gasteiger partial charge in [0.15, 0.2) is 0 Å². The van der Waals surface area contributed by atoms with E-state index in [1.54, 1.807) is 11.3 Å². The maximum Gasteiger partial charge on any atom is 0.0624 e. The van der Waals surface area contributed by atoms with E-state index in [4.69, 9.17) is 10.8 Å². The number of hydrogen-bond donors (Lipinski definition) is 2. The van der Waals surface area contributed by atoms with Crippen LogP contribution < -0.4 is 5.73 Å². The van der Waals surface area contributed by atoms with E-state index in [1.807, 2.05) is 17.7 Å². The average Bonchev–Trinajstić information content (AvgIpc) is 2.34. The number of hydrogen-bond acceptors (Lipinski definition) is 3. The molecule has 0 bridgehead atoms. The molecule has 1 rings (SSSR count). The Labute approximate surface area is 64.3 Å². The van der Waals surface area contributed by atoms with Crippen molar-refractivity contribution in [2.75, 3.05) is 6.61 Å². The molecule has 1 aromatic rings. The predicted octanol–water partition coefficient (Wildman–Crippen LogP) is 1.05. The summed E-state index contributed by atoms with van der Waals surface area (Å²) in [6.45, 7) is 2.03. The highest BCUT2D eigenvalue weighted by Crippen LogP contribution is 2.19. The molecule has 0 saturated heterocycles. The summed E-state index contributed by atoms with van der Waals surface area (Å²) in [5, 5.41) is 12.7. The molecular weight excluding hydrogens is 146 g/mol. The van der Waals surface area contributed by atoms with Gasteiger partial charge in [0.1, 0.15) is 0 Å². The highest BCUT2D eigenvalue weighted by atomic mass is 32.1. The molecule has 0 radical (unpaired) electrons. The number of nitrogens with two attached hydrogens (primary N) is 1. The Hall–Kier alpha value is -0.380. The summed E-state index contributed by atoms with van der Waals surface area (Å²) in [6, 6.07) is -0.203. The molecule has 0 aliphatic rings. The van der Waals surface area contributed by atoms with E-state index in [0.29, 0.717) is 0 Å². The molecule has 0 amide bonds. The minimum Gasteiger partial charge on any atom is -0.394 e. The lowest BCUT2D eigenvalue weighted by atomic mass is 10.1. The van der Waals surface area contributed by atoms with Crippen molar-refractivity contribution >= 4 is 11.3 Å². The van der Waals surface area contributed by atoms with Gasteiger partial charge >= 0.3 is 0 Å². The lowest BCUT2D eigenvalue weighted by molar-refractivity contribution is 0.268. The highest BCUT2D eigenvalue weighted by Gasteiger charge is 2.06. The van der Waals surface area contributed by atoms with Crippen molar-refractivity contribution in [2.24, 2.45) is 5.73 Å². The van der Waals surface area contributed by atoms with E-state index in [1.165, 1.54) is 5.56 Å². The number of rotatable bonds is 2. The van der Waals surface area contributed by atoms with Crippen molar-refractivity contribution < 1.29 is 5.11 Å². The van der Waals surface area contributed by atoms with E-state index in [2.05, 4.69) is 0 Å². The molecule has 1 heterocycles. The second-order valence-corrected chi connectivity index (χ2v) is 3.04. The fourth-order valence-corrected chi connectivity index (χ4v) is 1.76. The first-order valence-corrected chi connectivity index (χ1v) is 4.09. The van der Waals surface area contributed by atoms with Gasteiger partial charge in [-0.3, -0.25) is 0 Å². The van der Waals surface area contributed by atoms with Gasteiger partial charge in [-0.15, -0.1) is 0 Å². The molecule has 0 aromatic carbocycles. The summed E-state index contributed by atoms with van der Waals surface area (Å²) in [7, 11) is 0. The lowest BCUT2D eigenvalue weighted by Gasteiger charge is -2.05. The first kappa shape index (κ1) is 7.72. The van der Waals surface area contributed by atoms with Crippen LogP contribution in [0.25, 0.3) is 0 Å². The van der Waals surface area contributed by atoms with Crippen molar-refractivity contribution in [2.45, 2.75) is 13.0 Å². The summed E-state index contributed by atoms with van der Waals surface area (Å²) < 4.78 is 0. The van der Waals surface area contributed by atoms with Gasteiger partial charge in [-0.25, -0.2) is 0 Å². The first-order chi connectivity index (χ1) is 4.75. The van der Waals surface area contributed by atoms with E-state index >= 15 is 0 Å². The van der Waals surface area contributed by atoms with Gasteiger partial charge in [-0.1, -0.05) is 0 Å². The molecule has 1 atom stereocenters. The molecule has 0 aliphatic heterocycles. The number of thiophene rings is 1. The molecule has 10 heavy (non-hydrogen) atoms. The zero-order valence-electron chi connectivity index (χ0n) is 5.87. The van der Waals surface area contributed by atoms with Gasteiger partial charge in [0.25, 0.3) is 0 Å². The minimum atomic E-state index is -0.203. The van der Waals surface area contributed by atoms with Crippen LogP contribution in [-0.4, -0.2) is 11.7 Å². The number of aryl methyl sites for hydroxylation is 1. The van der Waals surface area contributed by atoms with Crippen molar-refractivity contribution in [1.29, 1.82) is 0 Å². The van der Waals surface area contributed by atoms with Crippen LogP contribution in [0.4, 0.5) is 0 Å². The molecule has 56 valence electrons. The van der Waals surface area contributed by atoms with Crippen molar-refractivity contribution in [1.82, 2.24) is 0 Å². The lowest BCUT2D eigenvalue weighted by Crippen LogP contribution is -2.14. The fourth-order valence-electron chi connectivity index (χ4n) is 0.849. The molecule has 0 fully saturated rings. The van der Waals surface area contributed by atoms with Crippen molar-refractivity contribution in [3.63, 3.8) is 0 Å². The first-order valence-electron chi connectivity index (χ1n) is 3.15. The standard InChI is InChI=1S/C7H11NOS/c1-5-3-10-4-6(5)7(8)2-9/h3-4,7,9H,2,8H2,1H3/t7-/m0/s1. The maximum absolute atomic E-state index is 8.71. The highest BCUT2D eigenvalue weighted by molar-refractivity contribution is 7.08. The summed E-state index contributed by atoms with van der Waals surface area (Å²) >= 11 is 1.62. The molecule has 3 heteroatoms. The second-order valence-electron chi connectivity index (χ2n) is 2.30. The predicted molar refractivity (Wildman–Crippen MR) is 43.1 cm³/mol. The van der Waals surface area contributed by atoms with Crippen LogP contribution in [0.1, 0.15) is 17.2 Å². The van der Waals surface area contributed by atoms with Crippen LogP contribution in [0.5, 0.6) is 0 Å². The van der Waals surface area contributed by atoms with Crippen molar-refractivity contribution in [3.05, 3.63) is 21.9 Å². The number of aliphatic hydroxyl groups is 1. The van der Waals surface area contributed by atoms with Crippen LogP contribution in [0.3, 0.4) is 0 Å². The average molecular weight is 157 g/mol. The normalized spacial score (nSPS) is 13.5. The van der Waals surface area contributed by atoms with Gasteiger partial charge in [0.05, 0.1) is 12.6 Å². The second kappa shape index (κ2) is 3.14. The maximum atomic E-state index is 8.71. The minimum absolute atomic E-state index is 0.0254. The van der Waals surface area contributed by atoms with Gasteiger partial charge in [0.2, 0.25) is 0 Å². The Morgan fingerprint density at radius 1 is 1.70 bits per heavy atom. The molecule has 3 N–H and O–H groups in total. The molecule has 0 spiro atoms. The van der Waals surface area contributed by atoms with E-state index in [9.17, 15) is 0 Å². The van der Waals surface area contributed by atoms with E-state index in [0.717, 1.165) is 5.56 Å². The topological polar surface area (TPSA) is 46.2 Å². The Bertz CT molecular complexity index is 209. The van der Waals surface area contributed by atoms with Crippen LogP contribution >= 0.6 is 11.3 Å². The Morgan fingerprint density at radius 2 is 2.40 bits per heavy atom. The zero-order chi connectivity index (χ0) is 7.56. The largest absolute Gasteiger partial charge is 0.394 e. The molecule has 2 nitrogen and oxygen atoms in total. The van der Waals surface area contributed by atoms with Gasteiger partial charge < -0.3 is 10.8 Å². The van der Waals surface area contributed by atoms with Gasteiger partial charge in [-0.2, -0.15) is 11.3 Å². The molecule has 0 unspecified atom stereocenters. The summed E-state index contributed by atoms with van der Waals surface area (Å²) in [5.41, 5.74) is 7.83. The van der Waals surface area contributed by atoms with Gasteiger partial charge in [0, 0.05) is 0 Å². The smallest absolute Gasteiger partial charge is 0.0624 e. The van der Waals surface area contributed by atoms with Crippen LogP contribution in [-0.2, 0) is 0 Å². The summed E-state index contributed by atoms with van der Waals surface area (Å²) in [6.07, 6.45) is 0. The van der Waals surface area contributed by atoms with Gasteiger partial charge in [-0.05, 0) is 28.8 Å². The molecule has 0 aliphatic carbocycles. The van der Waals surface area contributed by atoms with E-state index < -0.39 is 0 Å². The summed E-state index contributed by atoms with van der Waals surface area (Å²) in [5.74, 6) is 0. The SMILES string of the molecule is Cc1cscc1[C@@H](N)CO. The fraction of sp³-hybridized carbons (Fsp3) is 0.429. The monoisotopic (exact) mass is 157 g/mol. The molecule has 0 saturated carbocycles. The Kier molecular flexibility index (Phi) is 2.43. The quantitative estimate of drug-likeness (QED) is 0.674. The van der Waals surface area contributed by atoms with Crippen molar-refractivity contribution in [3.8, 4) is 0 Å². The third kappa shape index (κ3) is 1.37. The van der Waals surface area contributed by atoms with Crippen LogP contribution in [0, 0.1) is 6.92 Å². The Balaban J connectivity index is 2.82. The zero-order valence-corrected chi connectivity index (χ0v) is 6.69. The summed E-state index contributed by atoms with van der Waals surface area (Å²) in [4.78, 5) is 0. The molecule has 1 aromatic heterocycles. The number of aliphatic hydroxyl groups excluding tert-OH is 1. The Morgan fingerprint density at radius 3 is 2.80 bits per heavy atom. The van der Waals surface area contributed by atoms with Crippen LogP contribution in [0.2, 0.25) is 0 Å². The third-order valence-electron chi connectivity index (χ3n) is 1.49.